The molecule has 88 valence electrons. The zero-order valence-corrected chi connectivity index (χ0v) is 10.2. The van der Waals surface area contributed by atoms with Crippen molar-refractivity contribution in [2.45, 2.75) is 6.54 Å². The number of benzene rings is 1. The molecule has 0 aliphatic heterocycles. The van der Waals surface area contributed by atoms with Crippen LogP contribution in [0.15, 0.2) is 35.1 Å². The summed E-state index contributed by atoms with van der Waals surface area (Å²) in [4.78, 5) is 10.7. The molecule has 2 rings (SSSR count). The highest BCUT2D eigenvalue weighted by atomic mass is 79.9. The van der Waals surface area contributed by atoms with Crippen LogP contribution in [0.25, 0.3) is 0 Å². The Morgan fingerprint density at radius 3 is 2.94 bits per heavy atom. The summed E-state index contributed by atoms with van der Waals surface area (Å²) in [5.74, 6) is -1.39. The first-order valence-electron chi connectivity index (χ1n) is 4.76. The Hall–Kier alpha value is -1.69. The summed E-state index contributed by atoms with van der Waals surface area (Å²) < 4.78 is 15.1. The van der Waals surface area contributed by atoms with Crippen LogP contribution in [0, 0.1) is 5.82 Å². The summed E-state index contributed by atoms with van der Waals surface area (Å²) in [6, 6.07) is 4.69. The van der Waals surface area contributed by atoms with Crippen molar-refractivity contribution in [2.24, 2.45) is 0 Å². The quantitative estimate of drug-likeness (QED) is 0.947. The lowest BCUT2D eigenvalue weighted by Crippen LogP contribution is -2.02. The van der Waals surface area contributed by atoms with Crippen molar-refractivity contribution in [3.63, 3.8) is 0 Å². The van der Waals surface area contributed by atoms with Crippen LogP contribution < -0.4 is 0 Å². The van der Waals surface area contributed by atoms with Crippen molar-refractivity contribution < 1.29 is 14.3 Å². The van der Waals surface area contributed by atoms with Gasteiger partial charge in [0.05, 0.1) is 22.8 Å². The van der Waals surface area contributed by atoms with Crippen LogP contribution in [0.5, 0.6) is 0 Å². The molecule has 6 heteroatoms. The Labute approximate surface area is 105 Å². The van der Waals surface area contributed by atoms with Crippen LogP contribution in [0.1, 0.15) is 15.9 Å². The molecule has 1 aromatic heterocycles. The molecule has 0 aliphatic rings. The Kier molecular flexibility index (Phi) is 3.23. The van der Waals surface area contributed by atoms with E-state index >= 15 is 0 Å². The lowest BCUT2D eigenvalue weighted by molar-refractivity contribution is 0.0697. The average molecular weight is 299 g/mol. The normalized spacial score (nSPS) is 10.5. The van der Waals surface area contributed by atoms with E-state index in [4.69, 9.17) is 5.11 Å². The van der Waals surface area contributed by atoms with E-state index in [0.29, 0.717) is 16.6 Å². The maximum Gasteiger partial charge on any atom is 0.338 e. The summed E-state index contributed by atoms with van der Waals surface area (Å²) >= 11 is 3.14. The summed E-state index contributed by atoms with van der Waals surface area (Å²) in [6.45, 7) is 0.311. The van der Waals surface area contributed by atoms with Gasteiger partial charge in [-0.15, -0.1) is 0 Å². The third-order valence-electron chi connectivity index (χ3n) is 2.24. The van der Waals surface area contributed by atoms with Crippen LogP contribution in [0.3, 0.4) is 0 Å². The number of carboxylic acid groups (broad SMARTS) is 1. The number of rotatable bonds is 3. The van der Waals surface area contributed by atoms with E-state index in [1.54, 1.807) is 12.1 Å². The van der Waals surface area contributed by atoms with E-state index in [2.05, 4.69) is 21.0 Å². The van der Waals surface area contributed by atoms with Gasteiger partial charge in [-0.25, -0.2) is 9.18 Å². The number of hydrogen-bond donors (Lipinski definition) is 1. The fourth-order valence-electron chi connectivity index (χ4n) is 1.41. The molecule has 0 saturated heterocycles. The van der Waals surface area contributed by atoms with Gasteiger partial charge in [0.1, 0.15) is 5.82 Å². The molecule has 4 nitrogen and oxygen atoms in total. The van der Waals surface area contributed by atoms with Crippen molar-refractivity contribution in [2.75, 3.05) is 0 Å². The number of carboxylic acids is 1. The molecular formula is C11H8BrFN2O2. The second-order valence-electron chi connectivity index (χ2n) is 3.44. The van der Waals surface area contributed by atoms with Gasteiger partial charge in [-0.1, -0.05) is 12.1 Å². The monoisotopic (exact) mass is 298 g/mol. The largest absolute Gasteiger partial charge is 0.478 e. The van der Waals surface area contributed by atoms with Crippen molar-refractivity contribution >= 4 is 21.9 Å². The molecule has 1 heterocycles. The fraction of sp³-hybridized carbons (Fsp3) is 0.0909. The van der Waals surface area contributed by atoms with Crippen LogP contribution in [0.4, 0.5) is 4.39 Å². The Morgan fingerprint density at radius 1 is 1.53 bits per heavy atom. The molecule has 0 saturated carbocycles. The average Bonchev–Trinajstić information content (AvgIpc) is 2.73. The number of halogens is 2. The molecule has 2 aromatic rings. The molecule has 1 N–H and O–H groups in total. The van der Waals surface area contributed by atoms with Crippen molar-refractivity contribution in [3.8, 4) is 0 Å². The molecular weight excluding hydrogens is 291 g/mol. The van der Waals surface area contributed by atoms with Gasteiger partial charge in [0.15, 0.2) is 0 Å². The van der Waals surface area contributed by atoms with E-state index in [0.717, 1.165) is 0 Å². The molecule has 1 aromatic carbocycles. The van der Waals surface area contributed by atoms with Crippen LogP contribution >= 0.6 is 15.9 Å². The molecule has 17 heavy (non-hydrogen) atoms. The molecule has 0 radical (unpaired) electrons. The van der Waals surface area contributed by atoms with Crippen molar-refractivity contribution in [3.05, 3.63) is 52.0 Å². The number of nitrogens with zero attached hydrogens (tertiary/aromatic N) is 2. The zero-order valence-electron chi connectivity index (χ0n) is 8.60. The smallest absolute Gasteiger partial charge is 0.338 e. The highest BCUT2D eigenvalue weighted by molar-refractivity contribution is 9.10. The minimum absolute atomic E-state index is 0.109. The summed E-state index contributed by atoms with van der Waals surface area (Å²) in [6.07, 6.45) is 2.66. The van der Waals surface area contributed by atoms with Gasteiger partial charge in [-0.2, -0.15) is 5.10 Å². The van der Waals surface area contributed by atoms with Gasteiger partial charge >= 0.3 is 5.97 Å². The molecule has 0 amide bonds. The molecule has 0 atom stereocenters. The lowest BCUT2D eigenvalue weighted by Gasteiger charge is -2.05. The summed E-state index contributed by atoms with van der Waals surface area (Å²) in [5, 5.41) is 12.6. The Bertz CT molecular complexity index is 568. The molecule has 0 fully saturated rings. The van der Waals surface area contributed by atoms with E-state index in [1.807, 2.05) is 0 Å². The maximum absolute atomic E-state index is 13.2. The first kappa shape index (κ1) is 11.8. The van der Waals surface area contributed by atoms with Gasteiger partial charge in [0.25, 0.3) is 0 Å². The van der Waals surface area contributed by atoms with E-state index in [9.17, 15) is 9.18 Å². The minimum atomic E-state index is -1.03. The second kappa shape index (κ2) is 4.67. The fourth-order valence-corrected chi connectivity index (χ4v) is 1.80. The van der Waals surface area contributed by atoms with E-state index in [-0.39, 0.29) is 11.4 Å². The first-order chi connectivity index (χ1) is 8.08. The molecule has 0 spiro atoms. The van der Waals surface area contributed by atoms with Crippen molar-refractivity contribution in [1.82, 2.24) is 9.78 Å². The van der Waals surface area contributed by atoms with Gasteiger partial charge in [-0.05, 0) is 27.6 Å². The van der Waals surface area contributed by atoms with Gasteiger partial charge in [0.2, 0.25) is 0 Å². The predicted octanol–water partition coefficient (Wildman–Crippen LogP) is 2.53. The third-order valence-corrected chi connectivity index (χ3v) is 3.13. The summed E-state index contributed by atoms with van der Waals surface area (Å²) in [5.41, 5.74) is 0.808. The predicted molar refractivity (Wildman–Crippen MR) is 62.4 cm³/mol. The second-order valence-corrected chi connectivity index (χ2v) is 4.24. The van der Waals surface area contributed by atoms with Crippen molar-refractivity contribution in [1.29, 1.82) is 0 Å². The molecule has 0 unspecified atom stereocenters. The number of aromatic nitrogens is 2. The Balaban J connectivity index is 2.25. The van der Waals surface area contributed by atoms with Crippen LogP contribution in [-0.2, 0) is 6.54 Å². The highest BCUT2D eigenvalue weighted by Gasteiger charge is 2.09. The number of aromatic carboxylic acids is 1. The standard InChI is InChI=1S/C11H8BrFN2O2/c12-10-7(2-1-3-9(10)13)5-15-6-8(4-14-15)11(16)17/h1-4,6H,5H2,(H,16,17). The molecule has 0 aliphatic carbocycles. The zero-order chi connectivity index (χ0) is 12.4. The number of hydrogen-bond acceptors (Lipinski definition) is 2. The minimum Gasteiger partial charge on any atom is -0.478 e. The van der Waals surface area contributed by atoms with Crippen LogP contribution in [0.2, 0.25) is 0 Å². The molecule has 0 bridgehead atoms. The van der Waals surface area contributed by atoms with Gasteiger partial charge in [0, 0.05) is 6.20 Å². The third kappa shape index (κ3) is 2.52. The van der Waals surface area contributed by atoms with E-state index in [1.165, 1.54) is 23.1 Å². The van der Waals surface area contributed by atoms with Gasteiger partial charge in [-0.3, -0.25) is 4.68 Å². The maximum atomic E-state index is 13.2. The highest BCUT2D eigenvalue weighted by Crippen LogP contribution is 2.21. The van der Waals surface area contributed by atoms with E-state index < -0.39 is 5.97 Å². The summed E-state index contributed by atoms with van der Waals surface area (Å²) in [7, 11) is 0. The van der Waals surface area contributed by atoms with Crippen LogP contribution in [-0.4, -0.2) is 20.9 Å². The van der Waals surface area contributed by atoms with Gasteiger partial charge < -0.3 is 5.11 Å². The lowest BCUT2D eigenvalue weighted by atomic mass is 10.2. The SMILES string of the molecule is O=C(O)c1cnn(Cc2cccc(F)c2Br)c1. The topological polar surface area (TPSA) is 55.1 Å². The number of carbonyl (C=O) groups is 1. The first-order valence-corrected chi connectivity index (χ1v) is 5.56. The Morgan fingerprint density at radius 2 is 2.29 bits per heavy atom.